The Balaban J connectivity index is 3.01. The van der Waals surface area contributed by atoms with E-state index >= 15 is 0 Å². The summed E-state index contributed by atoms with van der Waals surface area (Å²) < 4.78 is 12.0. The Morgan fingerprint density at radius 1 is 1.31 bits per heavy atom. The van der Waals surface area contributed by atoms with E-state index in [1.165, 1.54) is 4.90 Å². The molecular formula is C11H12ClNO2S. The zero-order valence-electron chi connectivity index (χ0n) is 9.01. The van der Waals surface area contributed by atoms with Crippen LogP contribution in [0.2, 0.25) is 0 Å². The van der Waals surface area contributed by atoms with Crippen molar-refractivity contribution in [2.45, 2.75) is 4.90 Å². The van der Waals surface area contributed by atoms with Gasteiger partial charge in [0, 0.05) is 24.5 Å². The highest BCUT2D eigenvalue weighted by atomic mass is 35.5. The SMILES string of the molecule is CN(C)C(=O)/C(=C/Cl)S(=O)c1ccccc1. The molecule has 1 atom stereocenters. The highest BCUT2D eigenvalue weighted by Crippen LogP contribution is 2.16. The van der Waals surface area contributed by atoms with Gasteiger partial charge in [-0.15, -0.1) is 0 Å². The molecule has 1 rings (SSSR count). The van der Waals surface area contributed by atoms with Gasteiger partial charge < -0.3 is 4.90 Å². The highest BCUT2D eigenvalue weighted by Gasteiger charge is 2.19. The van der Waals surface area contributed by atoms with E-state index in [-0.39, 0.29) is 10.8 Å². The Morgan fingerprint density at radius 2 is 1.88 bits per heavy atom. The Bertz CT molecular complexity index is 429. The molecule has 0 fully saturated rings. The summed E-state index contributed by atoms with van der Waals surface area (Å²) in [5, 5.41) is 0. The second-order valence-corrected chi connectivity index (χ2v) is 4.92. The van der Waals surface area contributed by atoms with Crippen molar-refractivity contribution in [2.75, 3.05) is 14.1 Å². The van der Waals surface area contributed by atoms with E-state index in [0.717, 1.165) is 5.54 Å². The minimum absolute atomic E-state index is 0.0814. The van der Waals surface area contributed by atoms with Crippen LogP contribution in [0.4, 0.5) is 0 Å². The van der Waals surface area contributed by atoms with Gasteiger partial charge in [-0.2, -0.15) is 0 Å². The van der Waals surface area contributed by atoms with Crippen molar-refractivity contribution in [3.05, 3.63) is 40.8 Å². The third kappa shape index (κ3) is 2.93. The van der Waals surface area contributed by atoms with Crippen LogP contribution in [0, 0.1) is 0 Å². The molecule has 1 aromatic rings. The minimum atomic E-state index is -1.53. The average molecular weight is 258 g/mol. The Kier molecular flexibility index (Phi) is 4.71. The second kappa shape index (κ2) is 5.82. The van der Waals surface area contributed by atoms with E-state index in [4.69, 9.17) is 11.6 Å². The summed E-state index contributed by atoms with van der Waals surface area (Å²) in [5.74, 6) is -0.350. The molecule has 0 N–H and O–H groups in total. The molecule has 0 saturated carbocycles. The van der Waals surface area contributed by atoms with Crippen molar-refractivity contribution in [3.63, 3.8) is 0 Å². The first-order chi connectivity index (χ1) is 7.57. The maximum atomic E-state index is 12.0. The van der Waals surface area contributed by atoms with Crippen molar-refractivity contribution < 1.29 is 9.00 Å². The van der Waals surface area contributed by atoms with Gasteiger partial charge in [0.15, 0.2) is 0 Å². The number of carbonyl (C=O) groups excluding carboxylic acids is 1. The molecule has 0 aromatic heterocycles. The van der Waals surface area contributed by atoms with E-state index in [1.54, 1.807) is 38.4 Å². The Labute approximate surface area is 102 Å². The standard InChI is InChI=1S/C11H12ClNO2S/c1-13(2)11(14)10(8-12)16(15)9-6-4-3-5-7-9/h3-8H,1-2H3/b10-8-. The molecule has 0 saturated heterocycles. The van der Waals surface area contributed by atoms with Crippen LogP contribution in [0.5, 0.6) is 0 Å². The monoisotopic (exact) mass is 257 g/mol. The van der Waals surface area contributed by atoms with E-state index in [0.29, 0.717) is 4.90 Å². The number of hydrogen-bond donors (Lipinski definition) is 0. The van der Waals surface area contributed by atoms with Crippen molar-refractivity contribution in [3.8, 4) is 0 Å². The molecular weight excluding hydrogens is 246 g/mol. The first kappa shape index (κ1) is 12.9. The summed E-state index contributed by atoms with van der Waals surface area (Å²) in [6.07, 6.45) is 0. The van der Waals surface area contributed by atoms with Gasteiger partial charge >= 0.3 is 0 Å². The molecule has 0 aliphatic carbocycles. The third-order valence-electron chi connectivity index (χ3n) is 1.87. The van der Waals surface area contributed by atoms with E-state index in [9.17, 15) is 9.00 Å². The molecule has 0 radical (unpaired) electrons. The van der Waals surface area contributed by atoms with Gasteiger partial charge in [-0.25, -0.2) is 4.21 Å². The molecule has 0 aliphatic rings. The maximum Gasteiger partial charge on any atom is 0.263 e. The van der Waals surface area contributed by atoms with Crippen LogP contribution in [0.1, 0.15) is 0 Å². The van der Waals surface area contributed by atoms with Gasteiger partial charge in [-0.05, 0) is 12.1 Å². The topological polar surface area (TPSA) is 37.4 Å². The quantitative estimate of drug-likeness (QED) is 0.777. The number of rotatable bonds is 3. The number of nitrogens with zero attached hydrogens (tertiary/aromatic N) is 1. The summed E-state index contributed by atoms with van der Waals surface area (Å²) in [7, 11) is 1.64. The summed E-state index contributed by atoms with van der Waals surface area (Å²) in [4.78, 5) is 13.7. The van der Waals surface area contributed by atoms with Crippen LogP contribution in [0.3, 0.4) is 0 Å². The lowest BCUT2D eigenvalue weighted by Crippen LogP contribution is -2.25. The van der Waals surface area contributed by atoms with Gasteiger partial charge in [0.2, 0.25) is 0 Å². The zero-order valence-corrected chi connectivity index (χ0v) is 10.6. The summed E-state index contributed by atoms with van der Waals surface area (Å²) in [5.41, 5.74) is 1.07. The van der Waals surface area contributed by atoms with Gasteiger partial charge in [-0.1, -0.05) is 29.8 Å². The highest BCUT2D eigenvalue weighted by molar-refractivity contribution is 7.90. The fourth-order valence-electron chi connectivity index (χ4n) is 1.06. The molecule has 1 unspecified atom stereocenters. The van der Waals surface area contributed by atoms with E-state index in [2.05, 4.69) is 0 Å². The minimum Gasteiger partial charge on any atom is -0.344 e. The van der Waals surface area contributed by atoms with Gasteiger partial charge in [0.25, 0.3) is 5.91 Å². The lowest BCUT2D eigenvalue weighted by Gasteiger charge is -2.12. The summed E-state index contributed by atoms with van der Waals surface area (Å²) in [6, 6.07) is 8.73. The lowest BCUT2D eigenvalue weighted by molar-refractivity contribution is -0.123. The molecule has 3 nitrogen and oxygen atoms in total. The average Bonchev–Trinajstić information content (AvgIpc) is 2.30. The van der Waals surface area contributed by atoms with Crippen LogP contribution in [0.15, 0.2) is 45.7 Å². The summed E-state index contributed by atoms with van der Waals surface area (Å²) in [6.45, 7) is 0. The van der Waals surface area contributed by atoms with Crippen molar-refractivity contribution in [1.82, 2.24) is 4.90 Å². The molecule has 0 aliphatic heterocycles. The molecule has 0 spiro atoms. The van der Waals surface area contributed by atoms with Crippen molar-refractivity contribution in [1.29, 1.82) is 0 Å². The Hall–Kier alpha value is -1.13. The largest absolute Gasteiger partial charge is 0.344 e. The molecule has 5 heteroatoms. The van der Waals surface area contributed by atoms with Crippen molar-refractivity contribution in [2.24, 2.45) is 0 Å². The van der Waals surface area contributed by atoms with Gasteiger partial charge in [0.05, 0.1) is 10.8 Å². The van der Waals surface area contributed by atoms with E-state index < -0.39 is 10.8 Å². The molecule has 16 heavy (non-hydrogen) atoms. The lowest BCUT2D eigenvalue weighted by atomic mass is 10.4. The normalized spacial score (nSPS) is 13.3. The summed E-state index contributed by atoms with van der Waals surface area (Å²) >= 11 is 5.55. The van der Waals surface area contributed by atoms with Crippen LogP contribution in [-0.4, -0.2) is 29.1 Å². The first-order valence-electron chi connectivity index (χ1n) is 4.56. The number of amides is 1. The number of halogens is 1. The van der Waals surface area contributed by atoms with Crippen LogP contribution in [0.25, 0.3) is 0 Å². The van der Waals surface area contributed by atoms with Crippen LogP contribution in [-0.2, 0) is 15.6 Å². The zero-order chi connectivity index (χ0) is 12.1. The van der Waals surface area contributed by atoms with Crippen molar-refractivity contribution >= 4 is 28.3 Å². The number of carbonyl (C=O) groups is 1. The van der Waals surface area contributed by atoms with Crippen LogP contribution < -0.4 is 0 Å². The predicted molar refractivity (Wildman–Crippen MR) is 65.5 cm³/mol. The molecule has 1 aromatic carbocycles. The molecule has 0 heterocycles. The first-order valence-corrected chi connectivity index (χ1v) is 6.15. The van der Waals surface area contributed by atoms with E-state index in [1.807, 2.05) is 6.07 Å². The number of benzene rings is 1. The number of likely N-dealkylation sites (N-methyl/N-ethyl adjacent to an activating group) is 1. The second-order valence-electron chi connectivity index (χ2n) is 3.25. The fourth-order valence-corrected chi connectivity index (χ4v) is 2.47. The maximum absolute atomic E-state index is 12.0. The molecule has 86 valence electrons. The predicted octanol–water partition coefficient (Wildman–Crippen LogP) is 1.96. The fraction of sp³-hybridized carbons (Fsp3) is 0.182. The molecule has 0 bridgehead atoms. The van der Waals surface area contributed by atoms with Gasteiger partial charge in [-0.3, -0.25) is 4.79 Å². The molecule has 1 amide bonds. The smallest absolute Gasteiger partial charge is 0.263 e. The van der Waals surface area contributed by atoms with Gasteiger partial charge in [0.1, 0.15) is 4.91 Å². The Morgan fingerprint density at radius 3 is 2.31 bits per heavy atom. The number of hydrogen-bond acceptors (Lipinski definition) is 2. The van der Waals surface area contributed by atoms with Crippen LogP contribution >= 0.6 is 11.6 Å². The third-order valence-corrected chi connectivity index (χ3v) is 3.61.